The van der Waals surface area contributed by atoms with Gasteiger partial charge in [0.2, 0.25) is 0 Å². The summed E-state index contributed by atoms with van der Waals surface area (Å²) in [6.07, 6.45) is 1.23. The maximum Gasteiger partial charge on any atom is 1.00 e. The molecule has 22 heavy (non-hydrogen) atoms. The molecular formula is C16H28LiNO3S-2. The average molecular weight is 321 g/mol. The molecule has 0 aromatic heterocycles. The van der Waals surface area contributed by atoms with Crippen LogP contribution in [0.15, 0.2) is 0 Å². The van der Waals surface area contributed by atoms with Gasteiger partial charge >= 0.3 is 18.9 Å². The predicted octanol–water partition coefficient (Wildman–Crippen LogP) is 0.162. The van der Waals surface area contributed by atoms with Crippen LogP contribution >= 0.6 is 12.2 Å². The monoisotopic (exact) mass is 321 g/mol. The van der Waals surface area contributed by atoms with Crippen LogP contribution < -0.4 is 18.9 Å². The van der Waals surface area contributed by atoms with Crippen molar-refractivity contribution in [3.8, 4) is 0 Å². The van der Waals surface area contributed by atoms with Gasteiger partial charge < -0.3 is 28.3 Å². The van der Waals surface area contributed by atoms with E-state index in [-0.39, 0.29) is 36.2 Å². The van der Waals surface area contributed by atoms with Crippen LogP contribution in [0.5, 0.6) is 0 Å². The molecule has 124 valence electrons. The topological polar surface area (TPSA) is 46.6 Å². The quantitative estimate of drug-likeness (QED) is 0.380. The Balaban J connectivity index is -0.000000385. The van der Waals surface area contributed by atoms with Gasteiger partial charge in [0.1, 0.15) is 5.78 Å². The van der Waals surface area contributed by atoms with Gasteiger partial charge in [-0.05, 0) is 27.2 Å². The van der Waals surface area contributed by atoms with Crippen molar-refractivity contribution in [3.63, 3.8) is 0 Å². The van der Waals surface area contributed by atoms with E-state index in [0.717, 1.165) is 6.42 Å². The Morgan fingerprint density at radius 1 is 1.32 bits per heavy atom. The zero-order valence-corrected chi connectivity index (χ0v) is 15.7. The average Bonchev–Trinajstić information content (AvgIpc) is 2.38. The van der Waals surface area contributed by atoms with E-state index in [4.69, 9.17) is 12.2 Å². The maximum absolute atomic E-state index is 11.6. The molecule has 1 unspecified atom stereocenters. The smallest absolute Gasteiger partial charge is 0.649 e. The first-order valence-corrected chi connectivity index (χ1v) is 7.47. The normalized spacial score (nSPS) is 11.2. The SMILES string of the molecule is CC(C)(C)O[C-]=O.[CH2-]CN(C[CH2-])C(=S)CC(=O)C(C)CC.[Li+]. The summed E-state index contributed by atoms with van der Waals surface area (Å²) in [4.78, 5) is 23.5. The molecule has 0 N–H and O–H groups in total. The molecule has 6 heteroatoms. The van der Waals surface area contributed by atoms with E-state index in [0.29, 0.717) is 24.5 Å². The third-order valence-corrected chi connectivity index (χ3v) is 3.13. The van der Waals surface area contributed by atoms with Crippen molar-refractivity contribution in [1.29, 1.82) is 0 Å². The third-order valence-electron chi connectivity index (χ3n) is 2.73. The van der Waals surface area contributed by atoms with Gasteiger partial charge in [0.05, 0.1) is 17.0 Å². The van der Waals surface area contributed by atoms with Crippen molar-refractivity contribution >= 4 is 29.5 Å². The van der Waals surface area contributed by atoms with Crippen LogP contribution in [0, 0.1) is 19.8 Å². The molecule has 0 heterocycles. The first-order chi connectivity index (χ1) is 9.62. The van der Waals surface area contributed by atoms with Gasteiger partial charge in [-0.25, -0.2) is 0 Å². The van der Waals surface area contributed by atoms with Gasteiger partial charge in [-0.3, -0.25) is 4.79 Å². The van der Waals surface area contributed by atoms with E-state index >= 15 is 0 Å². The molecule has 0 saturated carbocycles. The third kappa shape index (κ3) is 14.6. The molecule has 0 aliphatic carbocycles. The molecule has 0 aliphatic rings. The van der Waals surface area contributed by atoms with Gasteiger partial charge in [0.15, 0.2) is 0 Å². The van der Waals surface area contributed by atoms with E-state index in [1.807, 2.05) is 18.7 Å². The summed E-state index contributed by atoms with van der Waals surface area (Å²) in [6, 6.07) is 0. The van der Waals surface area contributed by atoms with Crippen LogP contribution in [0.4, 0.5) is 0 Å². The van der Waals surface area contributed by atoms with Crippen molar-refractivity contribution in [2.24, 2.45) is 5.92 Å². The van der Waals surface area contributed by atoms with Crippen LogP contribution in [0.1, 0.15) is 47.5 Å². The fourth-order valence-corrected chi connectivity index (χ4v) is 1.47. The summed E-state index contributed by atoms with van der Waals surface area (Å²) in [6.45, 7) is 19.3. The summed E-state index contributed by atoms with van der Waals surface area (Å²) in [5, 5.41) is 0. The second kappa shape index (κ2) is 14.2. The van der Waals surface area contributed by atoms with E-state index in [2.05, 4.69) is 18.6 Å². The van der Waals surface area contributed by atoms with Gasteiger partial charge in [-0.2, -0.15) is 0 Å². The van der Waals surface area contributed by atoms with Crippen LogP contribution in [-0.4, -0.2) is 40.8 Å². The van der Waals surface area contributed by atoms with Crippen LogP contribution in [0.25, 0.3) is 0 Å². The van der Waals surface area contributed by atoms with Crippen molar-refractivity contribution in [2.45, 2.75) is 53.1 Å². The minimum Gasteiger partial charge on any atom is -0.649 e. The molecule has 1 atom stereocenters. The minimum atomic E-state index is -0.373. The Bertz CT molecular complexity index is 326. The molecule has 0 saturated heterocycles. The number of nitrogens with zero attached hydrogens (tertiary/aromatic N) is 1. The Kier molecular flexibility index (Phi) is 17.2. The number of ether oxygens (including phenoxy) is 1. The Hall–Kier alpha value is -0.373. The number of Topliss-reactive ketones (excluding diaryl/α,β-unsaturated/α-hetero) is 1. The summed E-state index contributed by atoms with van der Waals surface area (Å²) >= 11 is 5.14. The number of carbonyl (C=O) groups excluding carboxylic acids is 2. The van der Waals surface area contributed by atoms with Crippen molar-refractivity contribution < 1.29 is 33.2 Å². The zero-order valence-electron chi connectivity index (χ0n) is 14.9. The molecule has 4 nitrogen and oxygen atoms in total. The largest absolute Gasteiger partial charge is 1.00 e. The standard InChI is InChI=1S/C11H19NOS.C5H9O2.Li/c1-5-9(4)10(13)8-11(14)12(6-2)7-3;1-5(2,3)7-4-6;/h9H,2-3,5-8H2,1,4H3;1-3H3;/q-2;-1;+1. The molecule has 0 bridgehead atoms. The van der Waals surface area contributed by atoms with Crippen molar-refractivity contribution in [3.05, 3.63) is 13.8 Å². The van der Waals surface area contributed by atoms with Gasteiger partial charge in [0.25, 0.3) is 0 Å². The number of rotatable bonds is 7. The molecule has 0 rings (SSSR count). The summed E-state index contributed by atoms with van der Waals surface area (Å²) in [5.74, 6) is 0.314. The fraction of sp³-hybridized carbons (Fsp3) is 0.688. The van der Waals surface area contributed by atoms with Crippen LogP contribution in [0.2, 0.25) is 0 Å². The van der Waals surface area contributed by atoms with E-state index in [9.17, 15) is 9.59 Å². The zero-order chi connectivity index (χ0) is 17.1. The molecule has 0 spiro atoms. The minimum absolute atomic E-state index is 0. The molecule has 0 aromatic carbocycles. The van der Waals surface area contributed by atoms with Crippen molar-refractivity contribution in [1.82, 2.24) is 4.90 Å². The number of hydrogen-bond acceptors (Lipinski definition) is 4. The number of carbonyl (C=O) groups is 1. The second-order valence-electron chi connectivity index (χ2n) is 5.63. The molecule has 0 aromatic rings. The number of thiocarbonyl (C=S) groups is 1. The second-order valence-corrected chi connectivity index (χ2v) is 6.10. The molecule has 0 amide bonds. The first kappa shape index (κ1) is 26.5. The van der Waals surface area contributed by atoms with Crippen LogP contribution in [0.3, 0.4) is 0 Å². The maximum atomic E-state index is 11.6. The van der Waals surface area contributed by atoms with Gasteiger partial charge in [-0.15, -0.1) is 13.1 Å². The van der Waals surface area contributed by atoms with Gasteiger partial charge in [0, 0.05) is 5.92 Å². The summed E-state index contributed by atoms with van der Waals surface area (Å²) in [7, 11) is 0. The Labute approximate surface area is 153 Å². The first-order valence-electron chi connectivity index (χ1n) is 7.07. The fourth-order valence-electron chi connectivity index (χ4n) is 1.15. The van der Waals surface area contributed by atoms with Crippen LogP contribution in [-0.2, 0) is 14.3 Å². The van der Waals surface area contributed by atoms with E-state index in [1.165, 1.54) is 6.47 Å². The molecular weight excluding hydrogens is 293 g/mol. The van der Waals surface area contributed by atoms with E-state index < -0.39 is 0 Å². The molecule has 0 radical (unpaired) electrons. The predicted molar refractivity (Wildman–Crippen MR) is 90.5 cm³/mol. The summed E-state index contributed by atoms with van der Waals surface area (Å²) < 4.78 is 4.42. The molecule has 0 aliphatic heterocycles. The van der Waals surface area contributed by atoms with E-state index in [1.54, 1.807) is 20.8 Å². The Morgan fingerprint density at radius 2 is 1.77 bits per heavy atom. The van der Waals surface area contributed by atoms with Crippen molar-refractivity contribution in [2.75, 3.05) is 13.1 Å². The Morgan fingerprint density at radius 3 is 2.00 bits per heavy atom. The number of hydrogen-bond donors (Lipinski definition) is 0. The summed E-state index contributed by atoms with van der Waals surface area (Å²) in [5.41, 5.74) is -0.373. The number of ketones is 1. The molecule has 0 fully saturated rings. The van der Waals surface area contributed by atoms with Gasteiger partial charge in [-0.1, -0.05) is 32.5 Å².